The highest BCUT2D eigenvalue weighted by Crippen LogP contribution is 2.17. The second-order valence-electron chi connectivity index (χ2n) is 5.68. The summed E-state index contributed by atoms with van der Waals surface area (Å²) in [5.41, 5.74) is 2.17. The number of carbonyl (C=O) groups is 1. The van der Waals surface area contributed by atoms with E-state index in [0.29, 0.717) is 0 Å². The Hall–Kier alpha value is -1.39. The Morgan fingerprint density at radius 3 is 2.67 bits per heavy atom. The Labute approximate surface area is 127 Å². The summed E-state index contributed by atoms with van der Waals surface area (Å²) < 4.78 is 0. The van der Waals surface area contributed by atoms with Crippen molar-refractivity contribution in [2.45, 2.75) is 33.2 Å². The molecule has 1 aliphatic heterocycles. The van der Waals surface area contributed by atoms with E-state index in [-0.39, 0.29) is 11.8 Å². The van der Waals surface area contributed by atoms with E-state index >= 15 is 0 Å². The number of piperidine rings is 1. The van der Waals surface area contributed by atoms with Gasteiger partial charge in [-0.1, -0.05) is 26.0 Å². The molecule has 1 heterocycles. The molecule has 0 atom stereocenters. The molecule has 0 aromatic heterocycles. The van der Waals surface area contributed by atoms with Crippen LogP contribution in [0.2, 0.25) is 0 Å². The Morgan fingerprint density at radius 2 is 2.00 bits per heavy atom. The van der Waals surface area contributed by atoms with Crippen LogP contribution in [-0.2, 0) is 11.3 Å². The largest absolute Gasteiger partial charge is 0.326 e. The average Bonchev–Trinajstić information content (AvgIpc) is 2.53. The Balaban J connectivity index is 1.95. The number of carbonyl (C=O) groups excluding carboxylic acids is 1. The van der Waals surface area contributed by atoms with Crippen LogP contribution in [-0.4, -0.2) is 37.0 Å². The van der Waals surface area contributed by atoms with Crippen molar-refractivity contribution in [2.24, 2.45) is 5.92 Å². The summed E-state index contributed by atoms with van der Waals surface area (Å²) >= 11 is 0. The highest BCUT2D eigenvalue weighted by atomic mass is 16.1. The highest BCUT2D eigenvalue weighted by molar-refractivity contribution is 5.92. The van der Waals surface area contributed by atoms with Crippen molar-refractivity contribution in [3.05, 3.63) is 29.8 Å². The van der Waals surface area contributed by atoms with E-state index in [0.717, 1.165) is 51.3 Å². The van der Waals surface area contributed by atoms with Crippen LogP contribution in [0.15, 0.2) is 24.3 Å². The van der Waals surface area contributed by atoms with Crippen LogP contribution >= 0.6 is 0 Å². The summed E-state index contributed by atoms with van der Waals surface area (Å²) in [6.07, 6.45) is 1.87. The number of rotatable bonds is 6. The zero-order valence-electron chi connectivity index (χ0n) is 13.2. The maximum Gasteiger partial charge on any atom is 0.227 e. The minimum atomic E-state index is 0.151. The van der Waals surface area contributed by atoms with Crippen LogP contribution in [0.1, 0.15) is 32.3 Å². The maximum absolute atomic E-state index is 12.3. The third-order valence-electron chi connectivity index (χ3n) is 4.21. The molecule has 1 amide bonds. The molecule has 1 fully saturated rings. The molecule has 21 heavy (non-hydrogen) atoms. The van der Waals surface area contributed by atoms with Gasteiger partial charge in [-0.3, -0.25) is 9.69 Å². The molecule has 4 nitrogen and oxygen atoms in total. The fourth-order valence-corrected chi connectivity index (χ4v) is 2.78. The number of hydrogen-bond acceptors (Lipinski definition) is 3. The second-order valence-corrected chi connectivity index (χ2v) is 5.68. The second kappa shape index (κ2) is 8.15. The van der Waals surface area contributed by atoms with Crippen LogP contribution in [0.3, 0.4) is 0 Å². The standard InChI is InChI=1S/C17H27N3O/c1-3-20(4-2)13-14-6-5-7-16(12-14)19-17(21)15-8-10-18-11-9-15/h5-7,12,15,18H,3-4,8-11,13H2,1-2H3,(H,19,21). The molecule has 2 rings (SSSR count). The monoisotopic (exact) mass is 289 g/mol. The third-order valence-corrected chi connectivity index (χ3v) is 4.21. The summed E-state index contributed by atoms with van der Waals surface area (Å²) in [6.45, 7) is 9.26. The predicted molar refractivity (Wildman–Crippen MR) is 87.3 cm³/mol. The average molecular weight is 289 g/mol. The molecule has 4 heteroatoms. The van der Waals surface area contributed by atoms with Crippen LogP contribution in [0.5, 0.6) is 0 Å². The summed E-state index contributed by atoms with van der Waals surface area (Å²) in [5, 5.41) is 6.37. The first-order valence-corrected chi connectivity index (χ1v) is 8.05. The Morgan fingerprint density at radius 1 is 1.29 bits per heavy atom. The zero-order valence-corrected chi connectivity index (χ0v) is 13.2. The lowest BCUT2D eigenvalue weighted by Gasteiger charge is -2.22. The third kappa shape index (κ3) is 4.83. The summed E-state index contributed by atoms with van der Waals surface area (Å²) in [7, 11) is 0. The van der Waals surface area contributed by atoms with E-state index < -0.39 is 0 Å². The van der Waals surface area contributed by atoms with Crippen molar-refractivity contribution in [3.63, 3.8) is 0 Å². The molecule has 0 radical (unpaired) electrons. The van der Waals surface area contributed by atoms with E-state index in [1.807, 2.05) is 12.1 Å². The van der Waals surface area contributed by atoms with Gasteiger partial charge in [-0.15, -0.1) is 0 Å². The van der Waals surface area contributed by atoms with Gasteiger partial charge in [0.1, 0.15) is 0 Å². The topological polar surface area (TPSA) is 44.4 Å². The number of anilines is 1. The number of hydrogen-bond donors (Lipinski definition) is 2. The fourth-order valence-electron chi connectivity index (χ4n) is 2.78. The van der Waals surface area contributed by atoms with Gasteiger partial charge in [-0.2, -0.15) is 0 Å². The van der Waals surface area contributed by atoms with Gasteiger partial charge >= 0.3 is 0 Å². The van der Waals surface area contributed by atoms with Gasteiger partial charge in [0, 0.05) is 18.2 Å². The summed E-state index contributed by atoms with van der Waals surface area (Å²) in [4.78, 5) is 14.6. The Kier molecular flexibility index (Phi) is 6.21. The highest BCUT2D eigenvalue weighted by Gasteiger charge is 2.20. The number of amides is 1. The van der Waals surface area contributed by atoms with Gasteiger partial charge in [0.05, 0.1) is 0 Å². The van der Waals surface area contributed by atoms with Crippen LogP contribution in [0, 0.1) is 5.92 Å². The molecular weight excluding hydrogens is 262 g/mol. The first-order chi connectivity index (χ1) is 10.2. The number of nitrogens with zero attached hydrogens (tertiary/aromatic N) is 1. The van der Waals surface area contributed by atoms with E-state index in [9.17, 15) is 4.79 Å². The first kappa shape index (κ1) is 16.0. The molecular formula is C17H27N3O. The van der Waals surface area contributed by atoms with Crippen LogP contribution < -0.4 is 10.6 Å². The lowest BCUT2D eigenvalue weighted by atomic mass is 9.97. The van der Waals surface area contributed by atoms with Gasteiger partial charge < -0.3 is 10.6 Å². The molecule has 0 aliphatic carbocycles. The van der Waals surface area contributed by atoms with Crippen molar-refractivity contribution < 1.29 is 4.79 Å². The lowest BCUT2D eigenvalue weighted by Crippen LogP contribution is -2.34. The molecule has 116 valence electrons. The van der Waals surface area contributed by atoms with Crippen molar-refractivity contribution in [3.8, 4) is 0 Å². The summed E-state index contributed by atoms with van der Waals surface area (Å²) in [6, 6.07) is 8.22. The van der Waals surface area contributed by atoms with E-state index in [1.54, 1.807) is 0 Å². The molecule has 1 aromatic carbocycles. The zero-order chi connectivity index (χ0) is 15.1. The van der Waals surface area contributed by atoms with Crippen molar-refractivity contribution in [2.75, 3.05) is 31.5 Å². The molecule has 2 N–H and O–H groups in total. The van der Waals surface area contributed by atoms with Gasteiger partial charge in [0.25, 0.3) is 0 Å². The van der Waals surface area contributed by atoms with E-state index in [4.69, 9.17) is 0 Å². The molecule has 1 aliphatic rings. The minimum absolute atomic E-state index is 0.151. The predicted octanol–water partition coefficient (Wildman–Crippen LogP) is 2.47. The van der Waals surface area contributed by atoms with E-state index in [1.165, 1.54) is 5.56 Å². The van der Waals surface area contributed by atoms with Gasteiger partial charge in [-0.05, 0) is 56.7 Å². The first-order valence-electron chi connectivity index (χ1n) is 8.05. The van der Waals surface area contributed by atoms with Crippen molar-refractivity contribution >= 4 is 11.6 Å². The molecule has 0 bridgehead atoms. The quantitative estimate of drug-likeness (QED) is 0.845. The van der Waals surface area contributed by atoms with Crippen LogP contribution in [0.4, 0.5) is 5.69 Å². The molecule has 1 saturated heterocycles. The number of benzene rings is 1. The smallest absolute Gasteiger partial charge is 0.227 e. The van der Waals surface area contributed by atoms with Crippen LogP contribution in [0.25, 0.3) is 0 Å². The van der Waals surface area contributed by atoms with Gasteiger partial charge in [-0.25, -0.2) is 0 Å². The Bertz CT molecular complexity index is 451. The molecule has 0 unspecified atom stereocenters. The fraction of sp³-hybridized carbons (Fsp3) is 0.588. The minimum Gasteiger partial charge on any atom is -0.326 e. The summed E-state index contributed by atoms with van der Waals surface area (Å²) in [5.74, 6) is 0.314. The molecule has 0 spiro atoms. The normalized spacial score (nSPS) is 16.1. The lowest BCUT2D eigenvalue weighted by molar-refractivity contribution is -0.120. The van der Waals surface area contributed by atoms with Gasteiger partial charge in [0.2, 0.25) is 5.91 Å². The maximum atomic E-state index is 12.3. The van der Waals surface area contributed by atoms with E-state index in [2.05, 4.69) is 41.5 Å². The molecule has 1 aromatic rings. The van der Waals surface area contributed by atoms with Crippen molar-refractivity contribution in [1.29, 1.82) is 0 Å². The SMILES string of the molecule is CCN(CC)Cc1cccc(NC(=O)C2CCNCC2)c1. The van der Waals surface area contributed by atoms with Crippen molar-refractivity contribution in [1.82, 2.24) is 10.2 Å². The van der Waals surface area contributed by atoms with Gasteiger partial charge in [0.15, 0.2) is 0 Å². The molecule has 0 saturated carbocycles. The number of nitrogens with one attached hydrogen (secondary N) is 2.